The third-order valence-electron chi connectivity index (χ3n) is 4.05. The van der Waals surface area contributed by atoms with Crippen molar-refractivity contribution in [2.75, 3.05) is 6.54 Å². The van der Waals surface area contributed by atoms with E-state index in [1.165, 1.54) is 6.08 Å². The Kier molecular flexibility index (Phi) is 8.91. The molecular formula is C20H17BrCl3F3N2O. The fourth-order valence-electron chi connectivity index (χ4n) is 2.58. The molecular weight excluding hydrogens is 527 g/mol. The second-order valence-corrected chi connectivity index (χ2v) is 8.29. The Hall–Kier alpha value is -1.41. The second kappa shape index (κ2) is 10.8. The molecule has 0 saturated carbocycles. The summed E-state index contributed by atoms with van der Waals surface area (Å²) in [5.41, 5.74) is 1.21. The highest BCUT2D eigenvalue weighted by Crippen LogP contribution is 2.41. The summed E-state index contributed by atoms with van der Waals surface area (Å²) in [6.45, 7) is 2.57. The van der Waals surface area contributed by atoms with Crippen LogP contribution in [0.5, 0.6) is 0 Å². The minimum atomic E-state index is -4.55. The molecule has 0 aliphatic rings. The summed E-state index contributed by atoms with van der Waals surface area (Å²) in [7, 11) is 0. The predicted octanol–water partition coefficient (Wildman–Crippen LogP) is 7.59. The lowest BCUT2D eigenvalue weighted by Gasteiger charge is -2.18. The maximum atomic E-state index is 13.6. The first kappa shape index (κ1) is 24.9. The predicted molar refractivity (Wildman–Crippen MR) is 119 cm³/mol. The molecule has 0 aromatic heterocycles. The normalized spacial score (nSPS) is 12.8. The highest BCUT2D eigenvalue weighted by molar-refractivity contribution is 9.10. The fourth-order valence-corrected chi connectivity index (χ4v) is 3.73. The van der Waals surface area contributed by atoms with Crippen molar-refractivity contribution in [3.63, 3.8) is 0 Å². The van der Waals surface area contributed by atoms with E-state index in [2.05, 4.69) is 26.6 Å². The Balaban J connectivity index is 2.24. The van der Waals surface area contributed by atoms with E-state index in [0.717, 1.165) is 23.8 Å². The lowest BCUT2D eigenvalue weighted by atomic mass is 9.97. The van der Waals surface area contributed by atoms with Gasteiger partial charge in [0.2, 0.25) is 0 Å². The molecule has 1 atom stereocenters. The van der Waals surface area contributed by atoms with Crippen LogP contribution in [0.2, 0.25) is 15.1 Å². The lowest BCUT2D eigenvalue weighted by Crippen LogP contribution is -2.34. The van der Waals surface area contributed by atoms with Gasteiger partial charge >= 0.3 is 12.2 Å². The summed E-state index contributed by atoms with van der Waals surface area (Å²) < 4.78 is 41.5. The van der Waals surface area contributed by atoms with Gasteiger partial charge in [-0.2, -0.15) is 13.2 Å². The Labute approximate surface area is 195 Å². The molecule has 162 valence electrons. The molecule has 0 spiro atoms. The molecule has 0 aliphatic carbocycles. The van der Waals surface area contributed by atoms with Crippen molar-refractivity contribution in [2.45, 2.75) is 25.6 Å². The molecule has 3 nitrogen and oxygen atoms in total. The maximum Gasteiger partial charge on any atom is 0.399 e. The Morgan fingerprint density at radius 3 is 2.30 bits per heavy atom. The monoisotopic (exact) mass is 542 g/mol. The van der Waals surface area contributed by atoms with Crippen LogP contribution in [0, 0.1) is 0 Å². The number of nitrogens with one attached hydrogen (secondary N) is 2. The molecule has 0 aliphatic heterocycles. The van der Waals surface area contributed by atoms with Crippen LogP contribution in [0.4, 0.5) is 18.0 Å². The minimum Gasteiger partial charge on any atom is -0.338 e. The summed E-state index contributed by atoms with van der Waals surface area (Å²) in [6, 6.07) is 7.05. The van der Waals surface area contributed by atoms with E-state index >= 15 is 0 Å². The SMILES string of the molecule is CCNC(=O)NCc1ccc(/C=C/C(c2cc(Cl)c(Cl)c(Cl)c2)C(F)(F)F)cc1Br. The first-order chi connectivity index (χ1) is 14.0. The van der Waals surface area contributed by atoms with Gasteiger partial charge in [-0.3, -0.25) is 0 Å². The van der Waals surface area contributed by atoms with Crippen LogP contribution in [0.25, 0.3) is 6.08 Å². The van der Waals surface area contributed by atoms with E-state index < -0.39 is 12.1 Å². The standard InChI is InChI=1S/C20H17BrCl3F3N2O/c1-2-28-19(30)29-10-12-5-3-11(7-15(12)21)4-6-14(20(25,26)27)13-8-16(22)18(24)17(23)9-13/h3-9,14H,2,10H2,1H3,(H2,28,29,30)/b6-4+. The van der Waals surface area contributed by atoms with Crippen molar-refractivity contribution in [2.24, 2.45) is 0 Å². The number of rotatable bonds is 6. The molecule has 2 rings (SSSR count). The molecule has 2 amide bonds. The van der Waals surface area contributed by atoms with Gasteiger partial charge in [-0.1, -0.05) is 75.0 Å². The smallest absolute Gasteiger partial charge is 0.338 e. The van der Waals surface area contributed by atoms with Gasteiger partial charge in [-0.05, 0) is 41.8 Å². The topological polar surface area (TPSA) is 41.1 Å². The zero-order valence-electron chi connectivity index (χ0n) is 15.6. The van der Waals surface area contributed by atoms with Gasteiger partial charge < -0.3 is 10.6 Å². The molecule has 30 heavy (non-hydrogen) atoms. The van der Waals surface area contributed by atoms with Crippen LogP contribution in [-0.4, -0.2) is 18.8 Å². The van der Waals surface area contributed by atoms with Crippen LogP contribution in [0.3, 0.4) is 0 Å². The van der Waals surface area contributed by atoms with Gasteiger partial charge in [-0.15, -0.1) is 0 Å². The second-order valence-electron chi connectivity index (χ2n) is 6.24. The number of benzene rings is 2. The van der Waals surface area contributed by atoms with E-state index in [-0.39, 0.29) is 33.2 Å². The van der Waals surface area contributed by atoms with Gasteiger partial charge in [-0.25, -0.2) is 4.79 Å². The lowest BCUT2D eigenvalue weighted by molar-refractivity contribution is -0.139. The van der Waals surface area contributed by atoms with E-state index in [0.29, 0.717) is 16.6 Å². The quantitative estimate of drug-likeness (QED) is 0.362. The molecule has 0 heterocycles. The number of halogens is 7. The van der Waals surface area contributed by atoms with Gasteiger partial charge in [0.15, 0.2) is 0 Å². The van der Waals surface area contributed by atoms with Gasteiger partial charge in [0.05, 0.1) is 21.0 Å². The third-order valence-corrected chi connectivity index (χ3v) is 5.99. The Bertz CT molecular complexity index is 928. The van der Waals surface area contributed by atoms with Crippen molar-refractivity contribution in [1.29, 1.82) is 0 Å². The maximum absolute atomic E-state index is 13.6. The largest absolute Gasteiger partial charge is 0.399 e. The minimum absolute atomic E-state index is 0.00716. The van der Waals surface area contributed by atoms with Crippen molar-refractivity contribution < 1.29 is 18.0 Å². The van der Waals surface area contributed by atoms with E-state index in [1.54, 1.807) is 25.1 Å². The van der Waals surface area contributed by atoms with Gasteiger partial charge in [0, 0.05) is 17.6 Å². The van der Waals surface area contributed by atoms with Crippen LogP contribution in [-0.2, 0) is 6.54 Å². The van der Waals surface area contributed by atoms with Crippen LogP contribution < -0.4 is 10.6 Å². The number of allylic oxidation sites excluding steroid dienone is 1. The van der Waals surface area contributed by atoms with E-state index in [9.17, 15) is 18.0 Å². The van der Waals surface area contributed by atoms with Crippen molar-refractivity contribution in [3.8, 4) is 0 Å². The average Bonchev–Trinajstić information content (AvgIpc) is 2.64. The van der Waals surface area contributed by atoms with Gasteiger partial charge in [0.1, 0.15) is 0 Å². The molecule has 10 heteroatoms. The number of hydrogen-bond donors (Lipinski definition) is 2. The van der Waals surface area contributed by atoms with E-state index in [4.69, 9.17) is 34.8 Å². The summed E-state index contributed by atoms with van der Waals surface area (Å²) in [6.07, 6.45) is -2.16. The summed E-state index contributed by atoms with van der Waals surface area (Å²) in [5, 5.41) is 5.21. The molecule has 0 radical (unpaired) electrons. The number of carbonyl (C=O) groups is 1. The molecule has 0 saturated heterocycles. The number of carbonyl (C=O) groups excluding carboxylic acids is 1. The Morgan fingerprint density at radius 2 is 1.77 bits per heavy atom. The van der Waals surface area contributed by atoms with Crippen molar-refractivity contribution >= 4 is 62.8 Å². The molecule has 2 aromatic carbocycles. The highest BCUT2D eigenvalue weighted by atomic mass is 79.9. The van der Waals surface area contributed by atoms with Crippen molar-refractivity contribution in [1.82, 2.24) is 10.6 Å². The molecule has 2 N–H and O–H groups in total. The summed E-state index contributed by atoms with van der Waals surface area (Å²) in [5.74, 6) is -1.91. The fraction of sp³-hybridized carbons (Fsp3) is 0.250. The zero-order valence-corrected chi connectivity index (χ0v) is 19.4. The van der Waals surface area contributed by atoms with Crippen LogP contribution in [0.1, 0.15) is 29.5 Å². The van der Waals surface area contributed by atoms with E-state index in [1.807, 2.05) is 0 Å². The zero-order chi connectivity index (χ0) is 22.5. The first-order valence-electron chi connectivity index (χ1n) is 8.72. The Morgan fingerprint density at radius 1 is 1.13 bits per heavy atom. The average molecular weight is 545 g/mol. The van der Waals surface area contributed by atoms with Crippen LogP contribution >= 0.6 is 50.7 Å². The summed E-state index contributed by atoms with van der Waals surface area (Å²) in [4.78, 5) is 11.5. The number of alkyl halides is 3. The number of amides is 2. The first-order valence-corrected chi connectivity index (χ1v) is 10.6. The molecule has 2 aromatic rings. The number of hydrogen-bond acceptors (Lipinski definition) is 1. The molecule has 0 bridgehead atoms. The highest BCUT2D eigenvalue weighted by Gasteiger charge is 2.39. The van der Waals surface area contributed by atoms with Gasteiger partial charge in [0.25, 0.3) is 0 Å². The van der Waals surface area contributed by atoms with Crippen molar-refractivity contribution in [3.05, 3.63) is 72.6 Å². The third kappa shape index (κ3) is 6.80. The molecule has 0 fully saturated rings. The summed E-state index contributed by atoms with van der Waals surface area (Å²) >= 11 is 21.0. The number of urea groups is 1. The molecule has 1 unspecified atom stereocenters. The van der Waals surface area contributed by atoms with Crippen LogP contribution in [0.15, 0.2) is 40.9 Å².